The third-order valence-corrected chi connectivity index (χ3v) is 5.12. The van der Waals surface area contributed by atoms with Gasteiger partial charge in [0.1, 0.15) is 6.61 Å². The van der Waals surface area contributed by atoms with E-state index in [0.717, 1.165) is 15.6 Å². The lowest BCUT2D eigenvalue weighted by molar-refractivity contribution is 0.284. The first kappa shape index (κ1) is 20.0. The Bertz CT molecular complexity index is 1040. The first-order valence-corrected chi connectivity index (χ1v) is 9.70. The molecule has 0 saturated carbocycles. The smallest absolute Gasteiger partial charge is 0.162 e. The highest BCUT2D eigenvalue weighted by atomic mass is 79.9. The van der Waals surface area contributed by atoms with Gasteiger partial charge in [-0.25, -0.2) is 0 Å². The highest BCUT2D eigenvalue weighted by Gasteiger charge is 2.12. The van der Waals surface area contributed by atoms with E-state index in [1.165, 1.54) is 0 Å². The Kier molecular flexibility index (Phi) is 6.76. The molecule has 0 aliphatic heterocycles. The van der Waals surface area contributed by atoms with Gasteiger partial charge in [0, 0.05) is 15.1 Å². The van der Waals surface area contributed by atoms with Crippen LogP contribution in [0, 0.1) is 11.3 Å². The average molecular weight is 455 g/mol. The van der Waals surface area contributed by atoms with Crippen LogP contribution in [0.2, 0.25) is 5.02 Å². The summed E-state index contributed by atoms with van der Waals surface area (Å²) < 4.78 is 12.2. The van der Waals surface area contributed by atoms with Gasteiger partial charge in [-0.05, 0) is 35.4 Å². The average Bonchev–Trinajstić information content (AvgIpc) is 2.73. The molecule has 0 spiro atoms. The summed E-state index contributed by atoms with van der Waals surface area (Å²) in [5.41, 5.74) is 3.00. The molecule has 0 aliphatic carbocycles. The van der Waals surface area contributed by atoms with E-state index in [9.17, 15) is 5.26 Å². The van der Waals surface area contributed by atoms with Crippen LogP contribution in [0.5, 0.6) is 11.5 Å². The number of ether oxygens (including phenoxy) is 2. The standard InChI is InChI=1S/C23H17BrClNO2/c1-27-22-12-17(11-18(14-26)19-9-5-6-10-21(19)25)20(24)13-23(22)28-15-16-7-3-2-4-8-16/h2-13H,15H2,1H3. The van der Waals surface area contributed by atoms with Crippen molar-refractivity contribution in [3.8, 4) is 17.6 Å². The van der Waals surface area contributed by atoms with Crippen molar-refractivity contribution in [2.45, 2.75) is 6.61 Å². The maximum Gasteiger partial charge on any atom is 0.162 e. The van der Waals surface area contributed by atoms with Crippen molar-refractivity contribution in [2.75, 3.05) is 7.11 Å². The lowest BCUT2D eigenvalue weighted by atomic mass is 10.0. The van der Waals surface area contributed by atoms with E-state index >= 15 is 0 Å². The molecule has 0 heterocycles. The predicted molar refractivity (Wildman–Crippen MR) is 116 cm³/mol. The Hall–Kier alpha value is -2.74. The van der Waals surface area contributed by atoms with Gasteiger partial charge in [-0.2, -0.15) is 5.26 Å². The van der Waals surface area contributed by atoms with E-state index in [4.69, 9.17) is 21.1 Å². The molecular formula is C23H17BrClNO2. The van der Waals surface area contributed by atoms with E-state index in [2.05, 4.69) is 22.0 Å². The fourth-order valence-electron chi connectivity index (χ4n) is 2.67. The minimum absolute atomic E-state index is 0.432. The Morgan fingerprint density at radius 2 is 1.79 bits per heavy atom. The highest BCUT2D eigenvalue weighted by Crippen LogP contribution is 2.36. The number of nitriles is 1. The van der Waals surface area contributed by atoms with Crippen molar-refractivity contribution in [2.24, 2.45) is 0 Å². The van der Waals surface area contributed by atoms with Crippen molar-refractivity contribution < 1.29 is 9.47 Å². The first-order chi connectivity index (χ1) is 13.6. The van der Waals surface area contributed by atoms with Gasteiger partial charge in [-0.1, -0.05) is 76.1 Å². The molecular weight excluding hydrogens is 438 g/mol. The van der Waals surface area contributed by atoms with Gasteiger partial charge in [-0.3, -0.25) is 0 Å². The second-order valence-electron chi connectivity index (χ2n) is 5.95. The van der Waals surface area contributed by atoms with Crippen LogP contribution >= 0.6 is 27.5 Å². The normalized spacial score (nSPS) is 11.0. The monoisotopic (exact) mass is 453 g/mol. The molecule has 0 N–H and O–H groups in total. The molecule has 0 radical (unpaired) electrons. The SMILES string of the molecule is COc1cc(C=C(C#N)c2ccccc2Cl)c(Br)cc1OCc1ccccc1. The highest BCUT2D eigenvalue weighted by molar-refractivity contribution is 9.10. The third kappa shape index (κ3) is 4.75. The zero-order valence-electron chi connectivity index (χ0n) is 15.2. The molecule has 5 heteroatoms. The molecule has 0 unspecified atom stereocenters. The van der Waals surface area contributed by atoms with E-state index < -0.39 is 0 Å². The molecule has 3 aromatic carbocycles. The molecule has 3 rings (SSSR count). The number of hydrogen-bond acceptors (Lipinski definition) is 3. The number of benzene rings is 3. The molecule has 0 saturated heterocycles. The van der Waals surface area contributed by atoms with Gasteiger partial charge in [0.25, 0.3) is 0 Å². The van der Waals surface area contributed by atoms with Crippen molar-refractivity contribution in [1.82, 2.24) is 0 Å². The minimum Gasteiger partial charge on any atom is -0.493 e. The molecule has 3 aromatic rings. The summed E-state index contributed by atoms with van der Waals surface area (Å²) in [5, 5.41) is 10.1. The van der Waals surface area contributed by atoms with E-state index in [0.29, 0.717) is 34.3 Å². The van der Waals surface area contributed by atoms with Gasteiger partial charge >= 0.3 is 0 Å². The summed E-state index contributed by atoms with van der Waals surface area (Å²) in [5.74, 6) is 1.20. The minimum atomic E-state index is 0.432. The van der Waals surface area contributed by atoms with Crippen LogP contribution < -0.4 is 9.47 Å². The maximum atomic E-state index is 9.60. The lowest BCUT2D eigenvalue weighted by Gasteiger charge is -2.13. The van der Waals surface area contributed by atoms with Crippen LogP contribution in [-0.4, -0.2) is 7.11 Å². The number of nitrogens with zero attached hydrogens (tertiary/aromatic N) is 1. The molecule has 0 aliphatic rings. The van der Waals surface area contributed by atoms with Gasteiger partial charge in [0.05, 0.1) is 18.8 Å². The number of hydrogen-bond donors (Lipinski definition) is 0. The molecule has 0 fully saturated rings. The Labute approximate surface area is 177 Å². The van der Waals surface area contributed by atoms with Gasteiger partial charge in [0.2, 0.25) is 0 Å². The van der Waals surface area contributed by atoms with Gasteiger partial charge < -0.3 is 9.47 Å². The van der Waals surface area contributed by atoms with E-state index in [1.54, 1.807) is 19.3 Å². The molecule has 0 atom stereocenters. The van der Waals surface area contributed by atoms with Gasteiger partial charge in [0.15, 0.2) is 11.5 Å². The fourth-order valence-corrected chi connectivity index (χ4v) is 3.35. The topological polar surface area (TPSA) is 42.2 Å². The molecule has 140 valence electrons. The summed E-state index contributed by atoms with van der Waals surface area (Å²) >= 11 is 9.80. The largest absolute Gasteiger partial charge is 0.493 e. The second kappa shape index (κ2) is 9.45. The summed E-state index contributed by atoms with van der Waals surface area (Å²) in [6, 6.07) is 23.1. The summed E-state index contributed by atoms with van der Waals surface area (Å²) in [7, 11) is 1.59. The Morgan fingerprint density at radius 1 is 1.07 bits per heavy atom. The Balaban J connectivity index is 1.92. The zero-order valence-corrected chi connectivity index (χ0v) is 17.5. The molecule has 0 aromatic heterocycles. The molecule has 3 nitrogen and oxygen atoms in total. The van der Waals surface area contributed by atoms with Crippen LogP contribution in [-0.2, 0) is 6.61 Å². The number of methoxy groups -OCH3 is 1. The third-order valence-electron chi connectivity index (χ3n) is 4.10. The van der Waals surface area contributed by atoms with Crippen LogP contribution in [0.15, 0.2) is 71.2 Å². The van der Waals surface area contributed by atoms with Crippen LogP contribution in [0.25, 0.3) is 11.6 Å². The van der Waals surface area contributed by atoms with E-state index in [-0.39, 0.29) is 0 Å². The predicted octanol–water partition coefficient (Wildman–Crippen LogP) is 6.75. The van der Waals surface area contributed by atoms with Crippen LogP contribution in [0.4, 0.5) is 0 Å². The summed E-state index contributed by atoms with van der Waals surface area (Å²) in [4.78, 5) is 0. The van der Waals surface area contributed by atoms with E-state index in [1.807, 2.05) is 60.7 Å². The van der Waals surface area contributed by atoms with Crippen molar-refractivity contribution in [1.29, 1.82) is 5.26 Å². The van der Waals surface area contributed by atoms with Crippen LogP contribution in [0.1, 0.15) is 16.7 Å². The second-order valence-corrected chi connectivity index (χ2v) is 7.21. The lowest BCUT2D eigenvalue weighted by Crippen LogP contribution is -1.98. The van der Waals surface area contributed by atoms with Gasteiger partial charge in [-0.15, -0.1) is 0 Å². The summed E-state index contributed by atoms with van der Waals surface area (Å²) in [6.07, 6.45) is 1.77. The number of halogens is 2. The molecule has 28 heavy (non-hydrogen) atoms. The number of allylic oxidation sites excluding steroid dienone is 1. The summed E-state index contributed by atoms with van der Waals surface area (Å²) in [6.45, 7) is 0.432. The van der Waals surface area contributed by atoms with Crippen molar-refractivity contribution in [3.63, 3.8) is 0 Å². The Morgan fingerprint density at radius 3 is 2.46 bits per heavy atom. The number of rotatable bonds is 6. The van der Waals surface area contributed by atoms with Crippen LogP contribution in [0.3, 0.4) is 0 Å². The zero-order chi connectivity index (χ0) is 19.9. The fraction of sp³-hybridized carbons (Fsp3) is 0.0870. The van der Waals surface area contributed by atoms with Crippen molar-refractivity contribution in [3.05, 3.63) is 92.9 Å². The first-order valence-electron chi connectivity index (χ1n) is 8.53. The van der Waals surface area contributed by atoms with Crippen molar-refractivity contribution >= 4 is 39.2 Å². The molecule has 0 amide bonds. The maximum absolute atomic E-state index is 9.60. The quantitative estimate of drug-likeness (QED) is 0.305. The molecule has 0 bridgehead atoms.